The van der Waals surface area contributed by atoms with E-state index in [2.05, 4.69) is 16.0 Å². The molecule has 40 heavy (non-hydrogen) atoms. The van der Waals surface area contributed by atoms with Crippen molar-refractivity contribution in [3.63, 3.8) is 0 Å². The second-order valence-corrected chi connectivity index (χ2v) is 9.67. The Morgan fingerprint density at radius 3 is 2.00 bits per heavy atom. The summed E-state index contributed by atoms with van der Waals surface area (Å²) in [6, 6.07) is 4.47. The lowest BCUT2D eigenvalue weighted by atomic mass is 10.0. The summed E-state index contributed by atoms with van der Waals surface area (Å²) in [7, 11) is 0. The molecule has 0 radical (unpaired) electrons. The van der Waals surface area contributed by atoms with Gasteiger partial charge in [-0.25, -0.2) is 0 Å². The Bertz CT molecular complexity index is 1110. The molecule has 4 atom stereocenters. The third-order valence-electron chi connectivity index (χ3n) is 6.45. The van der Waals surface area contributed by atoms with Crippen molar-refractivity contribution in [1.29, 1.82) is 0 Å². The zero-order valence-electron chi connectivity index (χ0n) is 22.4. The zero-order valence-corrected chi connectivity index (χ0v) is 22.4. The lowest BCUT2D eigenvalue weighted by molar-refractivity contribution is -0.142. The van der Waals surface area contributed by atoms with E-state index in [9.17, 15) is 33.6 Å². The van der Waals surface area contributed by atoms with Crippen molar-refractivity contribution in [2.45, 2.75) is 76.0 Å². The van der Waals surface area contributed by atoms with Crippen LogP contribution in [0.5, 0.6) is 0 Å². The molecule has 1 fully saturated rings. The van der Waals surface area contributed by atoms with Crippen molar-refractivity contribution in [1.82, 2.24) is 20.9 Å². The maximum atomic E-state index is 13.3. The average molecular weight is 560 g/mol. The number of nitrogens with one attached hydrogen (secondary N) is 3. The largest absolute Gasteiger partial charge is 0.370 e. The minimum Gasteiger partial charge on any atom is -0.370 e. The maximum Gasteiger partial charge on any atom is 0.245 e. The van der Waals surface area contributed by atoms with Crippen LogP contribution in [-0.4, -0.2) is 77.0 Å². The second kappa shape index (κ2) is 15.2. The van der Waals surface area contributed by atoms with Crippen LogP contribution in [-0.2, 0) is 40.0 Å². The molecule has 0 saturated carbocycles. The Morgan fingerprint density at radius 1 is 0.850 bits per heavy atom. The molecule has 0 aromatic heterocycles. The lowest BCUT2D eigenvalue weighted by Crippen LogP contribution is -2.58. The monoisotopic (exact) mass is 559 g/mol. The Kier molecular flexibility index (Phi) is 12.0. The predicted octanol–water partition coefficient (Wildman–Crippen LogP) is -2.29. The lowest BCUT2D eigenvalue weighted by Gasteiger charge is -2.30. The highest BCUT2D eigenvalue weighted by molar-refractivity contribution is 5.96. The first-order valence-corrected chi connectivity index (χ1v) is 13.0. The summed E-state index contributed by atoms with van der Waals surface area (Å²) < 4.78 is 0. The van der Waals surface area contributed by atoms with Gasteiger partial charge in [-0.05, 0) is 31.2 Å². The first-order valence-electron chi connectivity index (χ1n) is 13.0. The first-order chi connectivity index (χ1) is 18.9. The fourth-order valence-corrected chi connectivity index (χ4v) is 4.46. The van der Waals surface area contributed by atoms with Gasteiger partial charge in [0.1, 0.15) is 24.2 Å². The van der Waals surface area contributed by atoms with Crippen LogP contribution in [0.25, 0.3) is 0 Å². The number of likely N-dealkylation sites (tertiary alicyclic amines) is 1. The third kappa shape index (κ3) is 10.0. The second-order valence-electron chi connectivity index (χ2n) is 9.67. The molecule has 14 nitrogen and oxygen atoms in total. The minimum atomic E-state index is -1.25. The van der Waals surface area contributed by atoms with E-state index in [1.165, 1.54) is 11.8 Å². The van der Waals surface area contributed by atoms with Gasteiger partial charge in [0.15, 0.2) is 0 Å². The molecule has 7 amide bonds. The molecule has 9 N–H and O–H groups in total. The number of benzene rings is 1. The number of nitrogens with two attached hydrogens (primary N) is 3. The van der Waals surface area contributed by atoms with E-state index in [0.29, 0.717) is 6.42 Å². The van der Waals surface area contributed by atoms with E-state index in [4.69, 9.17) is 17.2 Å². The average Bonchev–Trinajstić information content (AvgIpc) is 3.38. The summed E-state index contributed by atoms with van der Waals surface area (Å²) in [5, 5.41) is 7.59. The van der Waals surface area contributed by atoms with Crippen LogP contribution in [0.1, 0.15) is 51.0 Å². The van der Waals surface area contributed by atoms with Crippen LogP contribution < -0.4 is 33.2 Å². The number of rotatable bonds is 15. The van der Waals surface area contributed by atoms with Gasteiger partial charge in [0.05, 0.1) is 0 Å². The van der Waals surface area contributed by atoms with E-state index in [1.54, 1.807) is 30.3 Å². The number of primary amides is 3. The van der Waals surface area contributed by atoms with Crippen molar-refractivity contribution in [3.8, 4) is 0 Å². The maximum absolute atomic E-state index is 13.3. The molecule has 1 aromatic rings. The highest BCUT2D eigenvalue weighted by Gasteiger charge is 2.39. The standard InChI is InChI=1S/C26H37N7O7/c1-15(34)30-18(10-12-22(28)36)26(40)33-13-5-8-20(33)25(39)31-17(9-11-21(27)35)24(38)32-19(23(29)37)14-16-6-3-2-4-7-16/h2-4,6-7,17-20H,5,8-14H2,1H3,(H2,27,35)(H2,28,36)(H2,29,37)(H,30,34)(H,31,39)(H,32,38)/t17-,18-,19-,20+/m0/s1. The van der Waals surface area contributed by atoms with Crippen molar-refractivity contribution >= 4 is 41.4 Å². The topological polar surface area (TPSA) is 237 Å². The van der Waals surface area contributed by atoms with Crippen molar-refractivity contribution in [2.24, 2.45) is 17.2 Å². The minimum absolute atomic E-state index is 0.0435. The van der Waals surface area contributed by atoms with Crippen molar-refractivity contribution in [3.05, 3.63) is 35.9 Å². The Balaban J connectivity index is 2.17. The summed E-state index contributed by atoms with van der Waals surface area (Å²) in [4.78, 5) is 87.3. The molecule has 0 bridgehead atoms. The molecule has 14 heteroatoms. The quantitative estimate of drug-likeness (QED) is 0.137. The Labute approximate surface area is 231 Å². The Morgan fingerprint density at radius 2 is 1.45 bits per heavy atom. The van der Waals surface area contributed by atoms with Crippen LogP contribution in [0.4, 0.5) is 0 Å². The van der Waals surface area contributed by atoms with Crippen molar-refractivity contribution < 1.29 is 33.6 Å². The number of carbonyl (C=O) groups excluding carboxylic acids is 7. The SMILES string of the molecule is CC(=O)N[C@@H](CCC(N)=O)C(=O)N1CCC[C@@H]1C(=O)N[C@@H](CCC(N)=O)C(=O)N[C@@H](Cc1ccccc1)C(N)=O. The molecule has 0 aliphatic carbocycles. The van der Waals surface area contributed by atoms with Gasteiger partial charge < -0.3 is 38.1 Å². The summed E-state index contributed by atoms with van der Waals surface area (Å²) in [6.07, 6.45) is 0.284. The molecule has 218 valence electrons. The first kappa shape index (κ1) is 31.7. The van der Waals surface area contributed by atoms with E-state index < -0.39 is 65.5 Å². The number of carbonyl (C=O) groups is 7. The fourth-order valence-electron chi connectivity index (χ4n) is 4.46. The third-order valence-corrected chi connectivity index (χ3v) is 6.45. The number of hydrogen-bond donors (Lipinski definition) is 6. The van der Waals surface area contributed by atoms with Crippen LogP contribution >= 0.6 is 0 Å². The van der Waals surface area contributed by atoms with E-state index in [1.807, 2.05) is 0 Å². The van der Waals surface area contributed by atoms with E-state index in [0.717, 1.165) is 5.56 Å². The van der Waals surface area contributed by atoms with Gasteiger partial charge in [-0.2, -0.15) is 0 Å². The molecule has 0 unspecified atom stereocenters. The van der Waals surface area contributed by atoms with Gasteiger partial charge in [0, 0.05) is 32.7 Å². The van der Waals surface area contributed by atoms with Crippen LogP contribution in [0.15, 0.2) is 30.3 Å². The molecule has 1 aliphatic rings. The van der Waals surface area contributed by atoms with Gasteiger partial charge in [0.2, 0.25) is 41.4 Å². The molecule has 2 rings (SSSR count). The van der Waals surface area contributed by atoms with Gasteiger partial charge in [-0.1, -0.05) is 30.3 Å². The molecule has 0 spiro atoms. The van der Waals surface area contributed by atoms with Crippen LogP contribution in [0, 0.1) is 0 Å². The van der Waals surface area contributed by atoms with Gasteiger partial charge in [-0.3, -0.25) is 33.6 Å². The molecule has 1 saturated heterocycles. The highest BCUT2D eigenvalue weighted by Crippen LogP contribution is 2.20. The van der Waals surface area contributed by atoms with Gasteiger partial charge in [0.25, 0.3) is 0 Å². The van der Waals surface area contributed by atoms with Gasteiger partial charge in [-0.15, -0.1) is 0 Å². The summed E-state index contributed by atoms with van der Waals surface area (Å²) >= 11 is 0. The summed E-state index contributed by atoms with van der Waals surface area (Å²) in [5.41, 5.74) is 16.7. The smallest absolute Gasteiger partial charge is 0.245 e. The fraction of sp³-hybridized carbons (Fsp3) is 0.500. The number of nitrogens with zero attached hydrogens (tertiary/aromatic N) is 1. The molecule has 1 aliphatic heterocycles. The summed E-state index contributed by atoms with van der Waals surface area (Å²) in [6.45, 7) is 1.43. The Hall–Kier alpha value is -4.49. The number of hydrogen-bond acceptors (Lipinski definition) is 7. The van der Waals surface area contributed by atoms with Gasteiger partial charge >= 0.3 is 0 Å². The van der Waals surface area contributed by atoms with Crippen molar-refractivity contribution in [2.75, 3.05) is 6.54 Å². The molecular weight excluding hydrogens is 522 g/mol. The zero-order chi connectivity index (χ0) is 29.8. The molecule has 1 heterocycles. The molecular formula is C26H37N7O7. The predicted molar refractivity (Wildman–Crippen MR) is 142 cm³/mol. The number of amides is 7. The normalized spacial score (nSPS) is 16.7. The van der Waals surface area contributed by atoms with Crippen LogP contribution in [0.3, 0.4) is 0 Å². The van der Waals surface area contributed by atoms with E-state index >= 15 is 0 Å². The van der Waals surface area contributed by atoms with E-state index in [-0.39, 0.29) is 45.1 Å². The summed E-state index contributed by atoms with van der Waals surface area (Å²) in [5.74, 6) is -4.61. The highest BCUT2D eigenvalue weighted by atomic mass is 16.2. The van der Waals surface area contributed by atoms with Crippen LogP contribution in [0.2, 0.25) is 0 Å². The molecule has 1 aromatic carbocycles.